The van der Waals surface area contributed by atoms with Crippen LogP contribution in [0, 0.1) is 5.92 Å². The molecule has 136 valence electrons. The molecule has 0 aliphatic carbocycles. The zero-order valence-electron chi connectivity index (χ0n) is 15.1. The van der Waals surface area contributed by atoms with Gasteiger partial charge in [0.1, 0.15) is 5.60 Å². The summed E-state index contributed by atoms with van der Waals surface area (Å²) >= 11 is 12.1. The van der Waals surface area contributed by atoms with Crippen LogP contribution in [0.4, 0.5) is 4.79 Å². The van der Waals surface area contributed by atoms with Crippen LogP contribution in [0.25, 0.3) is 0 Å². The number of hydrogen-bond acceptors (Lipinski definition) is 3. The molecule has 1 amide bonds. The first-order chi connectivity index (χ1) is 11.1. The predicted molar refractivity (Wildman–Crippen MR) is 101 cm³/mol. The number of rotatable bonds is 7. The van der Waals surface area contributed by atoms with E-state index in [1.54, 1.807) is 6.07 Å². The predicted octanol–water partition coefficient (Wildman–Crippen LogP) is 5.02. The Morgan fingerprint density at radius 2 is 1.92 bits per heavy atom. The summed E-state index contributed by atoms with van der Waals surface area (Å²) in [6.45, 7) is 11.0. The van der Waals surface area contributed by atoms with Crippen molar-refractivity contribution < 1.29 is 9.53 Å². The highest BCUT2D eigenvalue weighted by molar-refractivity contribution is 6.35. The lowest BCUT2D eigenvalue weighted by Gasteiger charge is -2.24. The molecule has 24 heavy (non-hydrogen) atoms. The standard InChI is InChI=1S/C18H28Cl2N2O2/c1-12(2)8-15(11-22-17(23)24-18(3,4)5)21-10-13-6-7-14(19)9-16(13)20/h6-7,9,12,15,21H,8,10-11H2,1-5H3,(H,22,23). The number of carbonyl (C=O) groups is 1. The first-order valence-electron chi connectivity index (χ1n) is 8.21. The van der Waals surface area contributed by atoms with Crippen molar-refractivity contribution in [1.82, 2.24) is 10.6 Å². The highest BCUT2D eigenvalue weighted by Gasteiger charge is 2.18. The number of amides is 1. The summed E-state index contributed by atoms with van der Waals surface area (Å²) in [5.74, 6) is 0.503. The van der Waals surface area contributed by atoms with E-state index in [0.29, 0.717) is 29.1 Å². The molecule has 1 unspecified atom stereocenters. The van der Waals surface area contributed by atoms with E-state index in [-0.39, 0.29) is 6.04 Å². The van der Waals surface area contributed by atoms with Crippen molar-refractivity contribution in [2.24, 2.45) is 5.92 Å². The van der Waals surface area contributed by atoms with Gasteiger partial charge >= 0.3 is 6.09 Å². The number of ether oxygens (including phenoxy) is 1. The van der Waals surface area contributed by atoms with E-state index in [9.17, 15) is 4.79 Å². The fraction of sp³-hybridized carbons (Fsp3) is 0.611. The van der Waals surface area contributed by atoms with Crippen LogP contribution in [0.3, 0.4) is 0 Å². The minimum Gasteiger partial charge on any atom is -0.444 e. The Kier molecular flexibility index (Phi) is 8.34. The number of alkyl carbamates (subject to hydrolysis) is 1. The molecule has 0 spiro atoms. The van der Waals surface area contributed by atoms with Crippen molar-refractivity contribution >= 4 is 29.3 Å². The van der Waals surface area contributed by atoms with Crippen LogP contribution >= 0.6 is 23.2 Å². The fourth-order valence-electron chi connectivity index (χ4n) is 2.25. The Hall–Kier alpha value is -0.970. The molecule has 0 aliphatic heterocycles. The van der Waals surface area contributed by atoms with Crippen LogP contribution < -0.4 is 10.6 Å². The lowest BCUT2D eigenvalue weighted by Crippen LogP contribution is -2.43. The maximum atomic E-state index is 11.8. The van der Waals surface area contributed by atoms with Gasteiger partial charge < -0.3 is 15.4 Å². The average Bonchev–Trinajstić information content (AvgIpc) is 2.41. The van der Waals surface area contributed by atoms with Crippen molar-refractivity contribution in [2.45, 2.75) is 59.2 Å². The van der Waals surface area contributed by atoms with E-state index in [0.717, 1.165) is 12.0 Å². The van der Waals surface area contributed by atoms with Gasteiger partial charge in [0.2, 0.25) is 0 Å². The third kappa shape index (κ3) is 8.76. The van der Waals surface area contributed by atoms with Gasteiger partial charge in [-0.15, -0.1) is 0 Å². The normalized spacial score (nSPS) is 13.0. The topological polar surface area (TPSA) is 50.4 Å². The number of hydrogen-bond donors (Lipinski definition) is 2. The third-order valence-corrected chi connectivity index (χ3v) is 3.83. The van der Waals surface area contributed by atoms with Crippen LogP contribution in [-0.4, -0.2) is 24.3 Å². The molecule has 0 aliphatic rings. The monoisotopic (exact) mass is 374 g/mol. The minimum absolute atomic E-state index is 0.129. The summed E-state index contributed by atoms with van der Waals surface area (Å²) < 4.78 is 5.27. The Morgan fingerprint density at radius 1 is 1.25 bits per heavy atom. The van der Waals surface area contributed by atoms with Gasteiger partial charge in [-0.2, -0.15) is 0 Å². The average molecular weight is 375 g/mol. The van der Waals surface area contributed by atoms with Crippen LogP contribution in [0.15, 0.2) is 18.2 Å². The first kappa shape index (κ1) is 21.1. The number of benzene rings is 1. The minimum atomic E-state index is -0.498. The largest absolute Gasteiger partial charge is 0.444 e. The smallest absolute Gasteiger partial charge is 0.407 e. The molecule has 0 fully saturated rings. The van der Waals surface area contributed by atoms with E-state index in [2.05, 4.69) is 24.5 Å². The van der Waals surface area contributed by atoms with Crippen LogP contribution in [0.1, 0.15) is 46.6 Å². The zero-order valence-corrected chi connectivity index (χ0v) is 16.6. The lowest BCUT2D eigenvalue weighted by molar-refractivity contribution is 0.0521. The van der Waals surface area contributed by atoms with Crippen molar-refractivity contribution in [3.8, 4) is 0 Å². The van der Waals surface area contributed by atoms with Gasteiger partial charge in [-0.25, -0.2) is 4.79 Å². The molecule has 2 N–H and O–H groups in total. The van der Waals surface area contributed by atoms with Gasteiger partial charge in [0.05, 0.1) is 0 Å². The van der Waals surface area contributed by atoms with Crippen molar-refractivity contribution in [2.75, 3.05) is 6.54 Å². The van der Waals surface area contributed by atoms with E-state index >= 15 is 0 Å². The van der Waals surface area contributed by atoms with E-state index in [1.807, 2.05) is 32.9 Å². The van der Waals surface area contributed by atoms with Gasteiger partial charge in [-0.3, -0.25) is 0 Å². The number of carbonyl (C=O) groups excluding carboxylic acids is 1. The Labute approximate surface area is 155 Å². The molecular weight excluding hydrogens is 347 g/mol. The molecule has 0 bridgehead atoms. The maximum Gasteiger partial charge on any atom is 0.407 e. The van der Waals surface area contributed by atoms with E-state index < -0.39 is 11.7 Å². The van der Waals surface area contributed by atoms with Crippen LogP contribution in [-0.2, 0) is 11.3 Å². The summed E-state index contributed by atoms with van der Waals surface area (Å²) in [6.07, 6.45) is 0.531. The SMILES string of the molecule is CC(C)CC(CNC(=O)OC(C)(C)C)NCc1ccc(Cl)cc1Cl. The van der Waals surface area contributed by atoms with Crippen molar-refractivity contribution in [3.05, 3.63) is 33.8 Å². The molecule has 0 aromatic heterocycles. The molecule has 1 rings (SSSR count). The molecular formula is C18H28Cl2N2O2. The van der Waals surface area contributed by atoms with Gasteiger partial charge in [-0.1, -0.05) is 43.1 Å². The van der Waals surface area contributed by atoms with E-state index in [1.165, 1.54) is 0 Å². The Bertz CT molecular complexity index is 542. The lowest BCUT2D eigenvalue weighted by atomic mass is 10.0. The molecule has 0 radical (unpaired) electrons. The molecule has 1 aromatic carbocycles. The van der Waals surface area contributed by atoms with Crippen LogP contribution in [0.5, 0.6) is 0 Å². The summed E-state index contributed by atoms with van der Waals surface area (Å²) in [5, 5.41) is 7.53. The Balaban J connectivity index is 2.57. The molecule has 0 saturated carbocycles. The summed E-state index contributed by atoms with van der Waals surface area (Å²) in [7, 11) is 0. The molecule has 0 saturated heterocycles. The second-order valence-electron chi connectivity index (χ2n) is 7.33. The maximum absolute atomic E-state index is 11.8. The van der Waals surface area contributed by atoms with Crippen LogP contribution in [0.2, 0.25) is 10.0 Å². The first-order valence-corrected chi connectivity index (χ1v) is 8.96. The molecule has 6 heteroatoms. The molecule has 1 aromatic rings. The number of nitrogens with one attached hydrogen (secondary N) is 2. The van der Waals surface area contributed by atoms with Crippen molar-refractivity contribution in [3.63, 3.8) is 0 Å². The summed E-state index contributed by atoms with van der Waals surface area (Å²) in [4.78, 5) is 11.8. The van der Waals surface area contributed by atoms with Gasteiger partial charge in [0.15, 0.2) is 0 Å². The molecule has 4 nitrogen and oxygen atoms in total. The fourth-order valence-corrected chi connectivity index (χ4v) is 2.72. The second kappa shape index (κ2) is 9.50. The highest BCUT2D eigenvalue weighted by atomic mass is 35.5. The summed E-state index contributed by atoms with van der Waals surface area (Å²) in [6, 6.07) is 5.59. The van der Waals surface area contributed by atoms with E-state index in [4.69, 9.17) is 27.9 Å². The summed E-state index contributed by atoms with van der Waals surface area (Å²) in [5.41, 5.74) is 0.481. The quantitative estimate of drug-likeness (QED) is 0.703. The second-order valence-corrected chi connectivity index (χ2v) is 8.17. The highest BCUT2D eigenvalue weighted by Crippen LogP contribution is 2.21. The van der Waals surface area contributed by atoms with Gasteiger partial charge in [-0.05, 0) is 50.8 Å². The zero-order chi connectivity index (χ0) is 18.3. The third-order valence-electron chi connectivity index (χ3n) is 3.24. The van der Waals surface area contributed by atoms with Gasteiger partial charge in [0.25, 0.3) is 0 Å². The van der Waals surface area contributed by atoms with Gasteiger partial charge in [0, 0.05) is 29.2 Å². The number of halogens is 2. The molecule has 1 atom stereocenters. The Morgan fingerprint density at radius 3 is 2.46 bits per heavy atom. The molecule has 0 heterocycles. The van der Waals surface area contributed by atoms with Crippen molar-refractivity contribution in [1.29, 1.82) is 0 Å².